The Hall–Kier alpha value is -3.75. The molecule has 1 aliphatic rings. The Morgan fingerprint density at radius 3 is 2.51 bits per heavy atom. The average Bonchev–Trinajstić information content (AvgIpc) is 3.55. The maximum Gasteiger partial charge on any atom is 0.251 e. The molecule has 0 radical (unpaired) electrons. The molecule has 0 bridgehead atoms. The fraction of sp³-hybridized carbons (Fsp3) is 0.464. The molecule has 1 fully saturated rings. The number of anilines is 1. The molecule has 1 aliphatic carbocycles. The molecule has 0 unspecified atom stereocenters. The van der Waals surface area contributed by atoms with Gasteiger partial charge in [-0.1, -0.05) is 44.2 Å². The number of rotatable bonds is 7. The van der Waals surface area contributed by atoms with Crippen molar-refractivity contribution in [2.45, 2.75) is 72.5 Å². The van der Waals surface area contributed by atoms with Gasteiger partial charge in [-0.15, -0.1) is 10.2 Å². The second-order valence-electron chi connectivity index (χ2n) is 11.3. The van der Waals surface area contributed by atoms with Crippen LogP contribution in [0.5, 0.6) is 0 Å². The highest BCUT2D eigenvalue weighted by Crippen LogP contribution is 2.40. The zero-order valence-electron chi connectivity index (χ0n) is 22.1. The summed E-state index contributed by atoms with van der Waals surface area (Å²) < 4.78 is 0. The number of carbonyl (C=O) groups is 1. The second-order valence-corrected chi connectivity index (χ2v) is 11.3. The van der Waals surface area contributed by atoms with Crippen LogP contribution in [0, 0.1) is 18.3 Å². The molecule has 0 saturated heterocycles. The molecular formula is C28H36N8O. The number of aryl methyl sites for hydroxylation is 1. The third-order valence-corrected chi connectivity index (χ3v) is 7.62. The molecule has 37 heavy (non-hydrogen) atoms. The summed E-state index contributed by atoms with van der Waals surface area (Å²) in [5.74, 6) is 1.94. The number of tetrazole rings is 1. The van der Waals surface area contributed by atoms with Crippen LogP contribution in [0.2, 0.25) is 0 Å². The second kappa shape index (κ2) is 10.3. The van der Waals surface area contributed by atoms with Crippen LogP contribution in [0.1, 0.15) is 73.8 Å². The molecule has 1 saturated carbocycles. The van der Waals surface area contributed by atoms with Crippen molar-refractivity contribution in [1.82, 2.24) is 35.9 Å². The number of carbonyl (C=O) groups excluding carboxylic acids is 1. The van der Waals surface area contributed by atoms with Crippen molar-refractivity contribution < 1.29 is 4.79 Å². The van der Waals surface area contributed by atoms with E-state index in [9.17, 15) is 4.79 Å². The Balaban J connectivity index is 1.33. The van der Waals surface area contributed by atoms with Crippen molar-refractivity contribution in [3.05, 3.63) is 65.0 Å². The molecule has 0 spiro atoms. The Bertz CT molecular complexity index is 1330. The Labute approximate surface area is 217 Å². The monoisotopic (exact) mass is 500 g/mol. The summed E-state index contributed by atoms with van der Waals surface area (Å²) >= 11 is 0. The van der Waals surface area contributed by atoms with Crippen LogP contribution < -0.4 is 10.2 Å². The lowest BCUT2D eigenvalue weighted by atomic mass is 9.71. The highest BCUT2D eigenvalue weighted by Gasteiger charge is 2.33. The van der Waals surface area contributed by atoms with Gasteiger partial charge in [-0.2, -0.15) is 5.21 Å². The van der Waals surface area contributed by atoms with Crippen LogP contribution in [0.25, 0.3) is 11.0 Å². The van der Waals surface area contributed by atoms with Crippen molar-refractivity contribution in [1.29, 1.82) is 0 Å². The highest BCUT2D eigenvalue weighted by molar-refractivity contribution is 5.94. The van der Waals surface area contributed by atoms with Gasteiger partial charge in [0, 0.05) is 18.2 Å². The topological polar surface area (TPSA) is 115 Å². The van der Waals surface area contributed by atoms with Gasteiger partial charge in [0.05, 0.1) is 17.6 Å². The number of nitrogens with zero attached hydrogens (tertiary/aromatic N) is 5. The van der Waals surface area contributed by atoms with Gasteiger partial charge in [-0.3, -0.25) is 4.79 Å². The van der Waals surface area contributed by atoms with Crippen LogP contribution >= 0.6 is 0 Å². The predicted molar refractivity (Wildman–Crippen MR) is 144 cm³/mol. The minimum atomic E-state index is -0.165. The molecule has 4 aromatic rings. The van der Waals surface area contributed by atoms with Crippen LogP contribution in [-0.4, -0.2) is 42.5 Å². The molecule has 3 N–H and O–H groups in total. The summed E-state index contributed by atoms with van der Waals surface area (Å²) in [5, 5.41) is 16.4. The highest BCUT2D eigenvalue weighted by atomic mass is 16.1. The van der Waals surface area contributed by atoms with E-state index in [-0.39, 0.29) is 12.5 Å². The van der Waals surface area contributed by atoms with Gasteiger partial charge in [0.15, 0.2) is 5.82 Å². The molecule has 1 amide bonds. The van der Waals surface area contributed by atoms with Crippen molar-refractivity contribution >= 4 is 22.9 Å². The van der Waals surface area contributed by atoms with Crippen LogP contribution in [0.3, 0.4) is 0 Å². The maximum absolute atomic E-state index is 12.6. The number of aromatic amines is 2. The third kappa shape index (κ3) is 5.81. The number of benzene rings is 2. The Morgan fingerprint density at radius 2 is 1.84 bits per heavy atom. The summed E-state index contributed by atoms with van der Waals surface area (Å²) in [6.45, 7) is 10.1. The number of imidazole rings is 1. The van der Waals surface area contributed by atoms with Crippen LogP contribution in [0.4, 0.5) is 5.95 Å². The van der Waals surface area contributed by atoms with Gasteiger partial charge < -0.3 is 15.2 Å². The van der Waals surface area contributed by atoms with Crippen molar-refractivity contribution in [2.75, 3.05) is 4.90 Å². The Kier molecular flexibility index (Phi) is 6.95. The van der Waals surface area contributed by atoms with E-state index in [1.165, 1.54) is 18.4 Å². The average molecular weight is 501 g/mol. The molecule has 0 aliphatic heterocycles. The maximum atomic E-state index is 12.6. The van der Waals surface area contributed by atoms with E-state index in [0.717, 1.165) is 47.8 Å². The number of amides is 1. The van der Waals surface area contributed by atoms with Gasteiger partial charge in [0.2, 0.25) is 5.95 Å². The number of hydrogen-bond acceptors (Lipinski definition) is 6. The largest absolute Gasteiger partial charge is 0.345 e. The summed E-state index contributed by atoms with van der Waals surface area (Å²) in [7, 11) is 0. The smallest absolute Gasteiger partial charge is 0.251 e. The zero-order valence-corrected chi connectivity index (χ0v) is 22.1. The van der Waals surface area contributed by atoms with E-state index in [0.29, 0.717) is 22.8 Å². The summed E-state index contributed by atoms with van der Waals surface area (Å²) in [5.41, 5.74) is 5.35. The SMILES string of the molecule is Cc1ccc2nc(N(Cc3ccc(C(=O)NCc4nn[nH]n4)cc3)C3CCC(C(C)(C)C)CC3)[nH]c2c1. The lowest BCUT2D eigenvalue weighted by Crippen LogP contribution is -2.40. The number of H-pyrrole nitrogens is 2. The summed E-state index contributed by atoms with van der Waals surface area (Å²) in [6.07, 6.45) is 4.75. The summed E-state index contributed by atoms with van der Waals surface area (Å²) in [4.78, 5) is 23.5. The van der Waals surface area contributed by atoms with Crippen molar-refractivity contribution in [3.8, 4) is 0 Å². The molecular weight excluding hydrogens is 464 g/mol. The van der Waals surface area contributed by atoms with E-state index in [1.807, 2.05) is 24.3 Å². The number of hydrogen-bond donors (Lipinski definition) is 3. The molecule has 2 aromatic heterocycles. The molecule has 0 atom stereocenters. The van der Waals surface area contributed by atoms with Gasteiger partial charge in [-0.05, 0) is 79.3 Å². The lowest BCUT2D eigenvalue weighted by molar-refractivity contribution is 0.0950. The summed E-state index contributed by atoms with van der Waals surface area (Å²) in [6, 6.07) is 14.6. The van der Waals surface area contributed by atoms with Gasteiger partial charge in [0.1, 0.15) is 0 Å². The molecule has 5 rings (SSSR count). The minimum absolute atomic E-state index is 0.165. The molecule has 2 aromatic carbocycles. The van der Waals surface area contributed by atoms with Crippen LogP contribution in [-0.2, 0) is 13.1 Å². The number of aromatic nitrogens is 6. The number of fused-ring (bicyclic) bond motifs is 1. The first-order valence-corrected chi connectivity index (χ1v) is 13.1. The van der Waals surface area contributed by atoms with Gasteiger partial charge in [0.25, 0.3) is 5.91 Å². The van der Waals surface area contributed by atoms with E-state index < -0.39 is 0 Å². The zero-order chi connectivity index (χ0) is 26.0. The van der Waals surface area contributed by atoms with Gasteiger partial charge >= 0.3 is 0 Å². The van der Waals surface area contributed by atoms with E-state index in [1.54, 1.807) is 0 Å². The van der Waals surface area contributed by atoms with Crippen molar-refractivity contribution in [2.24, 2.45) is 11.3 Å². The minimum Gasteiger partial charge on any atom is -0.345 e. The fourth-order valence-electron chi connectivity index (χ4n) is 5.35. The number of nitrogens with one attached hydrogen (secondary N) is 3. The first-order valence-electron chi connectivity index (χ1n) is 13.1. The normalized spacial score (nSPS) is 18.2. The third-order valence-electron chi connectivity index (χ3n) is 7.62. The van der Waals surface area contributed by atoms with Crippen molar-refractivity contribution in [3.63, 3.8) is 0 Å². The molecule has 9 heteroatoms. The predicted octanol–water partition coefficient (Wildman–Crippen LogP) is 4.93. The quantitative estimate of drug-likeness (QED) is 0.332. The molecule has 9 nitrogen and oxygen atoms in total. The van der Waals surface area contributed by atoms with E-state index in [2.05, 4.69) is 81.7 Å². The van der Waals surface area contributed by atoms with E-state index >= 15 is 0 Å². The lowest BCUT2D eigenvalue weighted by Gasteiger charge is -2.41. The first-order chi connectivity index (χ1) is 17.8. The Morgan fingerprint density at radius 1 is 1.08 bits per heavy atom. The fourth-order valence-corrected chi connectivity index (χ4v) is 5.35. The standard InChI is InChI=1S/C28H36N8O/c1-18-5-14-23-24(15-18)31-27(30-23)36(22-12-10-21(11-13-22)28(2,3)4)17-19-6-8-20(9-7-19)26(37)29-16-25-32-34-35-33-25/h5-9,14-15,21-22H,10-13,16-17H2,1-4H3,(H,29,37)(H,30,31)(H,32,33,34,35). The molecule has 2 heterocycles. The first kappa shape index (κ1) is 24.9. The van der Waals surface area contributed by atoms with E-state index in [4.69, 9.17) is 4.98 Å². The van der Waals surface area contributed by atoms with Crippen LogP contribution in [0.15, 0.2) is 42.5 Å². The van der Waals surface area contributed by atoms with Gasteiger partial charge in [-0.25, -0.2) is 4.98 Å². The molecule has 194 valence electrons.